The minimum atomic E-state index is -0.482. The van der Waals surface area contributed by atoms with Gasteiger partial charge in [0.1, 0.15) is 0 Å². The van der Waals surface area contributed by atoms with Crippen LogP contribution in [0.1, 0.15) is 0 Å². The number of hydrogen-bond acceptors (Lipinski definition) is 6. The minimum Gasteiger partial charge on any atom is -0.444 e. The lowest BCUT2D eigenvalue weighted by atomic mass is 10.2. The molecule has 0 atom stereocenters. The van der Waals surface area contributed by atoms with Crippen LogP contribution in [-0.2, 0) is 0 Å². The van der Waals surface area contributed by atoms with Gasteiger partial charge in [0.2, 0.25) is 5.89 Å². The van der Waals surface area contributed by atoms with Gasteiger partial charge in [0, 0.05) is 17.7 Å². The highest BCUT2D eigenvalue weighted by atomic mass is 79.9. The Morgan fingerprint density at radius 2 is 1.90 bits per heavy atom. The Morgan fingerprint density at radius 1 is 1.10 bits per heavy atom. The molecule has 0 N–H and O–H groups in total. The van der Waals surface area contributed by atoms with Gasteiger partial charge in [-0.3, -0.25) is 10.1 Å². The summed E-state index contributed by atoms with van der Waals surface area (Å²) >= 11 is 3.18. The molecule has 100 valence electrons. The number of nitro benzene ring substituents is 1. The molecule has 7 nitrogen and oxygen atoms in total. The van der Waals surface area contributed by atoms with Gasteiger partial charge >= 0.3 is 0 Å². The number of halogens is 1. The third-order valence-electron chi connectivity index (χ3n) is 2.51. The van der Waals surface area contributed by atoms with Crippen molar-refractivity contribution >= 4 is 21.6 Å². The molecule has 2 heterocycles. The summed E-state index contributed by atoms with van der Waals surface area (Å²) < 4.78 is 11.3. The highest BCUT2D eigenvalue weighted by molar-refractivity contribution is 9.10. The monoisotopic (exact) mass is 335 g/mol. The molecule has 0 unspecified atom stereocenters. The molecule has 3 aromatic rings. The van der Waals surface area contributed by atoms with Crippen LogP contribution in [0.25, 0.3) is 23.1 Å². The summed E-state index contributed by atoms with van der Waals surface area (Å²) in [5, 5.41) is 18.4. The molecular formula is C12H6BrN3O4. The van der Waals surface area contributed by atoms with Gasteiger partial charge in [-0.15, -0.1) is 10.2 Å². The third-order valence-corrected chi connectivity index (χ3v) is 2.94. The zero-order chi connectivity index (χ0) is 14.1. The van der Waals surface area contributed by atoms with Crippen LogP contribution in [0.5, 0.6) is 0 Å². The van der Waals surface area contributed by atoms with E-state index in [4.69, 9.17) is 8.83 Å². The van der Waals surface area contributed by atoms with E-state index in [1.807, 2.05) is 0 Å². The lowest BCUT2D eigenvalue weighted by Crippen LogP contribution is -1.88. The smallest absolute Gasteiger partial charge is 0.283 e. The first-order chi connectivity index (χ1) is 9.63. The van der Waals surface area contributed by atoms with Crippen LogP contribution < -0.4 is 0 Å². The molecule has 0 amide bonds. The first-order valence-corrected chi connectivity index (χ1v) is 6.27. The first-order valence-electron chi connectivity index (χ1n) is 5.47. The molecule has 2 aromatic heterocycles. The van der Waals surface area contributed by atoms with E-state index >= 15 is 0 Å². The number of hydrogen-bond donors (Lipinski definition) is 0. The number of furan rings is 1. The van der Waals surface area contributed by atoms with Crippen molar-refractivity contribution in [3.63, 3.8) is 0 Å². The highest BCUT2D eigenvalue weighted by Gasteiger charge is 2.15. The Hall–Kier alpha value is -2.48. The van der Waals surface area contributed by atoms with Crippen LogP contribution in [0.3, 0.4) is 0 Å². The van der Waals surface area contributed by atoms with Crippen molar-refractivity contribution in [3.8, 4) is 23.1 Å². The highest BCUT2D eigenvalue weighted by Crippen LogP contribution is 2.28. The number of rotatable bonds is 3. The maximum Gasteiger partial charge on any atom is 0.283 e. The van der Waals surface area contributed by atoms with Crippen molar-refractivity contribution in [1.82, 2.24) is 10.2 Å². The summed E-state index contributed by atoms with van der Waals surface area (Å²) in [4.78, 5) is 10.3. The van der Waals surface area contributed by atoms with Gasteiger partial charge in [0.05, 0.1) is 4.92 Å². The molecule has 0 bridgehead atoms. The topological polar surface area (TPSA) is 95.2 Å². The van der Waals surface area contributed by atoms with Gasteiger partial charge in [-0.05, 0) is 34.1 Å². The maximum absolute atomic E-state index is 10.7. The second kappa shape index (κ2) is 4.89. The Balaban J connectivity index is 1.98. The van der Waals surface area contributed by atoms with Gasteiger partial charge in [-0.2, -0.15) is 0 Å². The second-order valence-corrected chi connectivity index (χ2v) is 4.61. The number of benzene rings is 1. The Morgan fingerprint density at radius 3 is 2.60 bits per heavy atom. The molecule has 0 fully saturated rings. The maximum atomic E-state index is 10.7. The largest absolute Gasteiger partial charge is 0.444 e. The zero-order valence-corrected chi connectivity index (χ0v) is 11.4. The summed E-state index contributed by atoms with van der Waals surface area (Å²) in [6, 6.07) is 9.35. The number of aromatic nitrogens is 2. The van der Waals surface area contributed by atoms with Crippen molar-refractivity contribution in [2.75, 3.05) is 0 Å². The van der Waals surface area contributed by atoms with Crippen molar-refractivity contribution in [1.29, 1.82) is 0 Å². The summed E-state index contributed by atoms with van der Waals surface area (Å²) in [5.41, 5.74) is 0.437. The predicted molar refractivity (Wildman–Crippen MR) is 71.8 cm³/mol. The predicted octanol–water partition coefficient (Wildman–Crippen LogP) is 3.67. The van der Waals surface area contributed by atoms with Gasteiger partial charge in [0.25, 0.3) is 11.6 Å². The van der Waals surface area contributed by atoms with Crippen molar-refractivity contribution in [2.45, 2.75) is 0 Å². The number of non-ortho nitro benzene ring substituents is 1. The van der Waals surface area contributed by atoms with Crippen molar-refractivity contribution < 1.29 is 13.8 Å². The molecule has 0 spiro atoms. The minimum absolute atomic E-state index is 0.0389. The number of nitrogens with zero attached hydrogens (tertiary/aromatic N) is 3. The Labute approximate surface area is 120 Å². The van der Waals surface area contributed by atoms with Crippen LogP contribution in [0.15, 0.2) is 49.9 Å². The van der Waals surface area contributed by atoms with Crippen LogP contribution >= 0.6 is 15.9 Å². The quantitative estimate of drug-likeness (QED) is 0.535. The van der Waals surface area contributed by atoms with E-state index in [0.717, 1.165) is 0 Å². The van der Waals surface area contributed by atoms with Crippen LogP contribution in [0.4, 0.5) is 5.69 Å². The van der Waals surface area contributed by atoms with Crippen molar-refractivity contribution in [3.05, 3.63) is 51.2 Å². The molecule has 1 aromatic carbocycles. The van der Waals surface area contributed by atoms with E-state index in [-0.39, 0.29) is 17.5 Å². The van der Waals surface area contributed by atoms with E-state index in [1.165, 1.54) is 12.1 Å². The molecule has 0 aliphatic rings. The molecule has 20 heavy (non-hydrogen) atoms. The molecule has 0 radical (unpaired) electrons. The van der Waals surface area contributed by atoms with E-state index in [0.29, 0.717) is 16.0 Å². The average molecular weight is 336 g/mol. The van der Waals surface area contributed by atoms with Crippen LogP contribution in [0, 0.1) is 10.1 Å². The summed E-state index contributed by atoms with van der Waals surface area (Å²) in [6.45, 7) is 0. The first kappa shape index (κ1) is 12.5. The van der Waals surface area contributed by atoms with E-state index < -0.39 is 4.92 Å². The van der Waals surface area contributed by atoms with Gasteiger partial charge in [0.15, 0.2) is 10.4 Å². The van der Waals surface area contributed by atoms with Gasteiger partial charge < -0.3 is 8.83 Å². The lowest BCUT2D eigenvalue weighted by Gasteiger charge is -1.94. The summed E-state index contributed by atoms with van der Waals surface area (Å²) in [5.74, 6) is 0.814. The fourth-order valence-electron chi connectivity index (χ4n) is 1.62. The fourth-order valence-corrected chi connectivity index (χ4v) is 1.93. The Kier molecular flexibility index (Phi) is 3.07. The van der Waals surface area contributed by atoms with Crippen LogP contribution in [-0.4, -0.2) is 15.1 Å². The standard InChI is InChI=1S/C12H6BrN3O4/c13-10-5-4-9(19-10)12-15-14-11(20-12)7-2-1-3-8(6-7)16(17)18/h1-6H. The SMILES string of the molecule is O=[N+]([O-])c1cccc(-c2nnc(-c3ccc(Br)o3)o2)c1. The van der Waals surface area contributed by atoms with E-state index in [2.05, 4.69) is 26.1 Å². The van der Waals surface area contributed by atoms with Gasteiger partial charge in [-0.1, -0.05) is 6.07 Å². The molecular weight excluding hydrogens is 330 g/mol. The molecule has 0 aliphatic heterocycles. The lowest BCUT2D eigenvalue weighted by molar-refractivity contribution is -0.384. The normalized spacial score (nSPS) is 10.7. The molecule has 3 rings (SSSR count). The van der Waals surface area contributed by atoms with Crippen LogP contribution in [0.2, 0.25) is 0 Å². The fraction of sp³-hybridized carbons (Fsp3) is 0. The third kappa shape index (κ3) is 2.32. The Bertz CT molecular complexity index is 780. The van der Waals surface area contributed by atoms with Gasteiger partial charge in [-0.25, -0.2) is 0 Å². The average Bonchev–Trinajstić information content (AvgIpc) is 3.07. The number of nitro groups is 1. The molecule has 0 saturated heterocycles. The zero-order valence-electron chi connectivity index (χ0n) is 9.82. The molecule has 0 saturated carbocycles. The summed E-state index contributed by atoms with van der Waals surface area (Å²) in [6.07, 6.45) is 0. The van der Waals surface area contributed by atoms with E-state index in [1.54, 1.807) is 24.3 Å². The molecule has 0 aliphatic carbocycles. The second-order valence-electron chi connectivity index (χ2n) is 3.82. The summed E-state index contributed by atoms with van der Waals surface area (Å²) in [7, 11) is 0. The van der Waals surface area contributed by atoms with E-state index in [9.17, 15) is 10.1 Å². The molecule has 8 heteroatoms. The van der Waals surface area contributed by atoms with Crippen molar-refractivity contribution in [2.24, 2.45) is 0 Å².